The first-order chi connectivity index (χ1) is 5.72. The Morgan fingerprint density at radius 1 is 1.25 bits per heavy atom. The number of hydrogen-bond acceptors (Lipinski definition) is 4. The number of nitrogen functional groups attached to an aromatic ring is 1. The normalized spacial score (nSPS) is 8.67. The van der Waals surface area contributed by atoms with Crippen LogP contribution in [0.1, 0.15) is 19.7 Å². The summed E-state index contributed by atoms with van der Waals surface area (Å²) in [5.74, 6) is 0.668. The van der Waals surface area contributed by atoms with Crippen LogP contribution < -0.4 is 5.73 Å². The Hall–Kier alpha value is -0.610. The first-order valence-electron chi connectivity index (χ1n) is 3.44. The molecular formula is C6H10Cl2N4. The van der Waals surface area contributed by atoms with Crippen LogP contribution in [0.25, 0.3) is 0 Å². The Balaban J connectivity index is 0.000000561. The van der Waals surface area contributed by atoms with Crippen LogP contribution in [0.4, 0.5) is 5.95 Å². The van der Waals surface area contributed by atoms with Crippen molar-refractivity contribution >= 4 is 29.2 Å². The van der Waals surface area contributed by atoms with Crippen molar-refractivity contribution < 1.29 is 0 Å². The summed E-state index contributed by atoms with van der Waals surface area (Å²) in [6.45, 7) is 4.00. The average molecular weight is 209 g/mol. The van der Waals surface area contributed by atoms with Gasteiger partial charge in [-0.15, -0.1) is 11.6 Å². The molecule has 4 nitrogen and oxygen atoms in total. The molecule has 1 rings (SSSR count). The van der Waals surface area contributed by atoms with E-state index in [9.17, 15) is 0 Å². The maximum atomic E-state index is 5.43. The number of halogens is 2. The summed E-state index contributed by atoms with van der Waals surface area (Å²) >= 11 is 10.8. The lowest BCUT2D eigenvalue weighted by Gasteiger charge is -1.94. The molecule has 6 heteroatoms. The summed E-state index contributed by atoms with van der Waals surface area (Å²) in [6, 6.07) is 0. The van der Waals surface area contributed by atoms with Gasteiger partial charge in [-0.3, -0.25) is 0 Å². The second-order valence-corrected chi connectivity index (χ2v) is 2.12. The SMILES string of the molecule is CC.Nc1nc(Cl)nc(CCl)n1. The number of anilines is 1. The molecule has 0 aromatic carbocycles. The summed E-state index contributed by atoms with van der Waals surface area (Å²) in [5, 5.41) is 0.0724. The highest BCUT2D eigenvalue weighted by molar-refractivity contribution is 6.28. The van der Waals surface area contributed by atoms with Crippen LogP contribution in [0, 0.1) is 0 Å². The van der Waals surface area contributed by atoms with Gasteiger partial charge in [-0.2, -0.15) is 9.97 Å². The number of rotatable bonds is 1. The molecule has 0 aliphatic carbocycles. The van der Waals surface area contributed by atoms with Crippen molar-refractivity contribution in [3.8, 4) is 0 Å². The van der Waals surface area contributed by atoms with E-state index in [0.29, 0.717) is 5.82 Å². The van der Waals surface area contributed by atoms with Gasteiger partial charge in [-0.05, 0) is 11.6 Å². The topological polar surface area (TPSA) is 64.7 Å². The Kier molecular flexibility index (Phi) is 5.66. The second kappa shape index (κ2) is 5.97. The van der Waals surface area contributed by atoms with Gasteiger partial charge < -0.3 is 5.73 Å². The Bertz CT molecular complexity index is 221. The molecule has 0 bridgehead atoms. The fraction of sp³-hybridized carbons (Fsp3) is 0.500. The van der Waals surface area contributed by atoms with Crippen molar-refractivity contribution in [2.75, 3.05) is 5.73 Å². The maximum Gasteiger partial charge on any atom is 0.227 e. The molecule has 0 amide bonds. The van der Waals surface area contributed by atoms with Gasteiger partial charge in [0, 0.05) is 0 Å². The molecule has 68 valence electrons. The van der Waals surface area contributed by atoms with Crippen molar-refractivity contribution in [2.45, 2.75) is 19.7 Å². The minimum absolute atomic E-state index is 0.0724. The van der Waals surface area contributed by atoms with E-state index in [-0.39, 0.29) is 17.1 Å². The van der Waals surface area contributed by atoms with Gasteiger partial charge in [0.15, 0.2) is 5.82 Å². The Labute approximate surface area is 81.1 Å². The number of nitrogens with two attached hydrogens (primary N) is 1. The van der Waals surface area contributed by atoms with Crippen LogP contribution in [0.2, 0.25) is 5.28 Å². The molecule has 0 spiro atoms. The first kappa shape index (κ1) is 11.4. The van der Waals surface area contributed by atoms with Gasteiger partial charge in [-0.1, -0.05) is 13.8 Å². The van der Waals surface area contributed by atoms with E-state index >= 15 is 0 Å². The van der Waals surface area contributed by atoms with Crippen molar-refractivity contribution in [1.29, 1.82) is 0 Å². The van der Waals surface area contributed by atoms with E-state index in [1.165, 1.54) is 0 Å². The molecule has 0 atom stereocenters. The van der Waals surface area contributed by atoms with Gasteiger partial charge in [0.05, 0.1) is 5.88 Å². The minimum atomic E-state index is 0.0724. The van der Waals surface area contributed by atoms with E-state index in [2.05, 4.69) is 15.0 Å². The number of aromatic nitrogens is 3. The Morgan fingerprint density at radius 2 is 1.83 bits per heavy atom. The van der Waals surface area contributed by atoms with Crippen molar-refractivity contribution in [2.24, 2.45) is 0 Å². The van der Waals surface area contributed by atoms with E-state index in [1.54, 1.807) is 0 Å². The predicted octanol–water partition coefficient (Wildman–Crippen LogP) is 1.87. The van der Waals surface area contributed by atoms with E-state index in [0.717, 1.165) is 0 Å². The number of nitrogens with zero attached hydrogens (tertiary/aromatic N) is 3. The zero-order valence-corrected chi connectivity index (χ0v) is 8.39. The lowest BCUT2D eigenvalue weighted by atomic mass is 10.7. The molecule has 0 aliphatic heterocycles. The first-order valence-corrected chi connectivity index (χ1v) is 4.35. The summed E-state index contributed by atoms with van der Waals surface area (Å²) in [6.07, 6.45) is 0. The molecule has 0 fully saturated rings. The van der Waals surface area contributed by atoms with Crippen LogP contribution in [0.5, 0.6) is 0 Å². The van der Waals surface area contributed by atoms with Crippen LogP contribution in [0.15, 0.2) is 0 Å². The van der Waals surface area contributed by atoms with Gasteiger partial charge >= 0.3 is 0 Å². The van der Waals surface area contributed by atoms with Gasteiger partial charge in [0.1, 0.15) is 0 Å². The molecule has 12 heavy (non-hydrogen) atoms. The minimum Gasteiger partial charge on any atom is -0.368 e. The second-order valence-electron chi connectivity index (χ2n) is 1.51. The van der Waals surface area contributed by atoms with Crippen LogP contribution >= 0.6 is 23.2 Å². The van der Waals surface area contributed by atoms with Crippen LogP contribution in [-0.2, 0) is 5.88 Å². The lowest BCUT2D eigenvalue weighted by Crippen LogP contribution is -2.00. The molecule has 0 radical (unpaired) electrons. The number of hydrogen-bond donors (Lipinski definition) is 1. The average Bonchev–Trinajstić information content (AvgIpc) is 2.06. The molecule has 1 heterocycles. The van der Waals surface area contributed by atoms with E-state index < -0.39 is 0 Å². The van der Waals surface area contributed by atoms with Crippen molar-refractivity contribution in [1.82, 2.24) is 15.0 Å². The zero-order chi connectivity index (χ0) is 9.56. The van der Waals surface area contributed by atoms with Crippen LogP contribution in [0.3, 0.4) is 0 Å². The quantitative estimate of drug-likeness (QED) is 0.717. The molecule has 0 saturated heterocycles. The number of alkyl halides is 1. The smallest absolute Gasteiger partial charge is 0.227 e. The maximum absolute atomic E-state index is 5.43. The van der Waals surface area contributed by atoms with E-state index in [4.69, 9.17) is 28.9 Å². The highest BCUT2D eigenvalue weighted by Gasteiger charge is 1.98. The molecule has 0 unspecified atom stereocenters. The third-order valence-corrected chi connectivity index (χ3v) is 1.20. The highest BCUT2D eigenvalue weighted by Crippen LogP contribution is 2.04. The summed E-state index contributed by atoms with van der Waals surface area (Å²) in [4.78, 5) is 10.9. The third kappa shape index (κ3) is 3.69. The van der Waals surface area contributed by atoms with Crippen molar-refractivity contribution in [3.05, 3.63) is 11.1 Å². The van der Waals surface area contributed by atoms with Gasteiger partial charge in [-0.25, -0.2) is 4.98 Å². The Morgan fingerprint density at radius 3 is 2.25 bits per heavy atom. The predicted molar refractivity (Wildman–Crippen MR) is 50.2 cm³/mol. The molecule has 1 aromatic heterocycles. The highest BCUT2D eigenvalue weighted by atomic mass is 35.5. The fourth-order valence-corrected chi connectivity index (χ4v) is 0.772. The fourth-order valence-electron chi connectivity index (χ4n) is 0.468. The molecule has 0 saturated carbocycles. The molecule has 2 N–H and O–H groups in total. The van der Waals surface area contributed by atoms with Crippen molar-refractivity contribution in [3.63, 3.8) is 0 Å². The summed E-state index contributed by atoms with van der Waals surface area (Å²) in [5.41, 5.74) is 5.23. The molecule has 0 aliphatic rings. The lowest BCUT2D eigenvalue weighted by molar-refractivity contribution is 0.972. The molecular weight excluding hydrogens is 199 g/mol. The van der Waals surface area contributed by atoms with Crippen LogP contribution in [-0.4, -0.2) is 15.0 Å². The summed E-state index contributed by atoms with van der Waals surface area (Å²) in [7, 11) is 0. The third-order valence-electron chi connectivity index (χ3n) is 0.791. The largest absolute Gasteiger partial charge is 0.368 e. The van der Waals surface area contributed by atoms with E-state index in [1.807, 2.05) is 13.8 Å². The summed E-state index contributed by atoms with van der Waals surface area (Å²) < 4.78 is 0. The van der Waals surface area contributed by atoms with Gasteiger partial charge in [0.2, 0.25) is 11.2 Å². The monoisotopic (exact) mass is 208 g/mol. The van der Waals surface area contributed by atoms with Gasteiger partial charge in [0.25, 0.3) is 0 Å². The zero-order valence-electron chi connectivity index (χ0n) is 6.88. The standard InChI is InChI=1S/C4H4Cl2N4.C2H6/c5-1-2-8-3(6)10-4(7)9-2;1-2/h1H2,(H2,7,8,9,10);1-2H3. The molecule has 1 aromatic rings.